The monoisotopic (exact) mass is 281 g/mol. The summed E-state index contributed by atoms with van der Waals surface area (Å²) in [5.41, 5.74) is 6.76. The Morgan fingerprint density at radius 3 is 2.52 bits per heavy atom. The van der Waals surface area contributed by atoms with Crippen LogP contribution in [-0.2, 0) is 5.54 Å². The van der Waals surface area contributed by atoms with E-state index in [2.05, 4.69) is 28.3 Å². The van der Waals surface area contributed by atoms with Crippen molar-refractivity contribution in [2.75, 3.05) is 0 Å². The van der Waals surface area contributed by atoms with E-state index in [4.69, 9.17) is 10.3 Å². The van der Waals surface area contributed by atoms with E-state index in [1.54, 1.807) is 0 Å². The molecule has 0 aliphatic carbocycles. The maximum absolute atomic E-state index is 6.34. The summed E-state index contributed by atoms with van der Waals surface area (Å²) in [5, 5.41) is 6.36. The van der Waals surface area contributed by atoms with Crippen molar-refractivity contribution in [3.63, 3.8) is 0 Å². The molecule has 3 aromatic rings. The topological polar surface area (TPSA) is 64.9 Å². The van der Waals surface area contributed by atoms with Gasteiger partial charge in [-0.05, 0) is 29.7 Å². The van der Waals surface area contributed by atoms with Crippen molar-refractivity contribution in [2.45, 2.75) is 32.2 Å². The van der Waals surface area contributed by atoms with E-state index >= 15 is 0 Å². The molecule has 2 N–H and O–H groups in total. The van der Waals surface area contributed by atoms with Crippen LogP contribution in [-0.4, -0.2) is 10.1 Å². The average Bonchev–Trinajstić information content (AvgIpc) is 3.04. The van der Waals surface area contributed by atoms with Crippen molar-refractivity contribution in [3.8, 4) is 11.5 Å². The van der Waals surface area contributed by atoms with E-state index < -0.39 is 5.54 Å². The van der Waals surface area contributed by atoms with Crippen LogP contribution in [0.3, 0.4) is 0 Å². The molecule has 4 nitrogen and oxygen atoms in total. The maximum Gasteiger partial charge on any atom is 0.258 e. The number of aromatic nitrogens is 2. The molecule has 0 radical (unpaired) electrons. The van der Waals surface area contributed by atoms with Gasteiger partial charge in [0, 0.05) is 5.56 Å². The van der Waals surface area contributed by atoms with Gasteiger partial charge < -0.3 is 10.3 Å². The highest BCUT2D eigenvalue weighted by Crippen LogP contribution is 2.30. The molecule has 0 atom stereocenters. The predicted molar refractivity (Wildman–Crippen MR) is 83.7 cm³/mol. The summed E-state index contributed by atoms with van der Waals surface area (Å²) in [6, 6.07) is 14.2. The molecule has 0 spiro atoms. The molecule has 3 rings (SSSR count). The normalized spacial score (nSPS) is 12.0. The summed E-state index contributed by atoms with van der Waals surface area (Å²) in [5.74, 6) is 1.11. The summed E-state index contributed by atoms with van der Waals surface area (Å²) < 4.78 is 5.47. The minimum absolute atomic E-state index is 0.521. The van der Waals surface area contributed by atoms with Crippen LogP contribution in [0.1, 0.15) is 32.5 Å². The fraction of sp³-hybridized carbons (Fsp3) is 0.294. The van der Waals surface area contributed by atoms with E-state index in [9.17, 15) is 0 Å². The molecular weight excluding hydrogens is 262 g/mol. The standard InChI is InChI=1S/C17H19N3O/c1-3-17(18,4-2)16-19-15(21-20-16)14-11-7-9-12-8-5-6-10-13(12)14/h5-11H,3-4,18H2,1-2H3. The zero-order valence-corrected chi connectivity index (χ0v) is 12.3. The molecule has 0 amide bonds. The minimum atomic E-state index is -0.521. The second kappa shape index (κ2) is 5.30. The Hall–Kier alpha value is -2.20. The lowest BCUT2D eigenvalue weighted by Gasteiger charge is -2.21. The van der Waals surface area contributed by atoms with Crippen LogP contribution in [0.5, 0.6) is 0 Å². The molecule has 1 heterocycles. The first-order valence-corrected chi connectivity index (χ1v) is 7.29. The van der Waals surface area contributed by atoms with Gasteiger partial charge in [-0.2, -0.15) is 4.98 Å². The quantitative estimate of drug-likeness (QED) is 0.788. The largest absolute Gasteiger partial charge is 0.334 e. The van der Waals surface area contributed by atoms with Crippen LogP contribution in [0.15, 0.2) is 47.0 Å². The van der Waals surface area contributed by atoms with Crippen molar-refractivity contribution >= 4 is 10.8 Å². The first-order chi connectivity index (χ1) is 10.2. The lowest BCUT2D eigenvalue weighted by molar-refractivity contribution is 0.350. The molecule has 21 heavy (non-hydrogen) atoms. The lowest BCUT2D eigenvalue weighted by Crippen LogP contribution is -2.36. The molecule has 0 fully saturated rings. The molecule has 0 aliphatic rings. The van der Waals surface area contributed by atoms with Crippen LogP contribution < -0.4 is 5.73 Å². The van der Waals surface area contributed by atoms with Gasteiger partial charge in [0.15, 0.2) is 5.82 Å². The first-order valence-electron chi connectivity index (χ1n) is 7.29. The smallest absolute Gasteiger partial charge is 0.258 e. The van der Waals surface area contributed by atoms with E-state index in [0.29, 0.717) is 11.7 Å². The number of hydrogen-bond donors (Lipinski definition) is 1. The zero-order chi connectivity index (χ0) is 14.9. The Morgan fingerprint density at radius 2 is 1.76 bits per heavy atom. The molecule has 0 unspecified atom stereocenters. The number of benzene rings is 2. The molecule has 1 aromatic heterocycles. The lowest BCUT2D eigenvalue weighted by atomic mass is 9.93. The Bertz CT molecular complexity index is 754. The summed E-state index contributed by atoms with van der Waals surface area (Å²) in [6.07, 6.45) is 1.55. The van der Waals surface area contributed by atoms with E-state index in [1.807, 2.05) is 38.1 Å². The second-order valence-electron chi connectivity index (χ2n) is 5.31. The van der Waals surface area contributed by atoms with E-state index in [-0.39, 0.29) is 0 Å². The zero-order valence-electron chi connectivity index (χ0n) is 12.3. The van der Waals surface area contributed by atoms with Gasteiger partial charge >= 0.3 is 0 Å². The third-order valence-corrected chi connectivity index (χ3v) is 4.15. The molecule has 0 saturated carbocycles. The molecular formula is C17H19N3O. The Morgan fingerprint density at radius 1 is 1.05 bits per heavy atom. The summed E-state index contributed by atoms with van der Waals surface area (Å²) in [6.45, 7) is 4.08. The van der Waals surface area contributed by atoms with Gasteiger partial charge in [-0.15, -0.1) is 0 Å². The van der Waals surface area contributed by atoms with Crippen molar-refractivity contribution in [2.24, 2.45) is 5.73 Å². The summed E-state index contributed by atoms with van der Waals surface area (Å²) in [7, 11) is 0. The fourth-order valence-corrected chi connectivity index (χ4v) is 2.51. The Balaban J connectivity index is 2.11. The molecule has 4 heteroatoms. The van der Waals surface area contributed by atoms with Crippen LogP contribution in [0.2, 0.25) is 0 Å². The van der Waals surface area contributed by atoms with Gasteiger partial charge in [-0.1, -0.05) is 55.4 Å². The molecule has 2 aromatic carbocycles. The highest BCUT2D eigenvalue weighted by molar-refractivity contribution is 5.94. The van der Waals surface area contributed by atoms with E-state index in [0.717, 1.165) is 29.2 Å². The highest BCUT2D eigenvalue weighted by Gasteiger charge is 2.29. The van der Waals surface area contributed by atoms with Gasteiger partial charge in [0.25, 0.3) is 5.89 Å². The Kier molecular flexibility index (Phi) is 3.47. The number of hydrogen-bond acceptors (Lipinski definition) is 4. The third kappa shape index (κ3) is 2.32. The predicted octanol–water partition coefficient (Wildman–Crippen LogP) is 3.86. The second-order valence-corrected chi connectivity index (χ2v) is 5.31. The maximum atomic E-state index is 6.34. The molecule has 0 aliphatic heterocycles. The third-order valence-electron chi connectivity index (χ3n) is 4.15. The number of rotatable bonds is 4. The fourth-order valence-electron chi connectivity index (χ4n) is 2.51. The van der Waals surface area contributed by atoms with Gasteiger partial charge in [-0.25, -0.2) is 0 Å². The molecule has 0 saturated heterocycles. The highest BCUT2D eigenvalue weighted by atomic mass is 16.5. The van der Waals surface area contributed by atoms with Gasteiger partial charge in [-0.3, -0.25) is 0 Å². The van der Waals surface area contributed by atoms with Crippen molar-refractivity contribution in [1.82, 2.24) is 10.1 Å². The summed E-state index contributed by atoms with van der Waals surface area (Å²) in [4.78, 5) is 4.54. The van der Waals surface area contributed by atoms with Crippen LogP contribution in [0, 0.1) is 0 Å². The molecule has 108 valence electrons. The SMILES string of the molecule is CCC(N)(CC)c1noc(-c2cccc3ccccc23)n1. The number of nitrogens with two attached hydrogens (primary N) is 1. The van der Waals surface area contributed by atoms with Gasteiger partial charge in [0.1, 0.15) is 0 Å². The minimum Gasteiger partial charge on any atom is -0.334 e. The Labute approximate surface area is 124 Å². The van der Waals surface area contributed by atoms with Crippen molar-refractivity contribution in [1.29, 1.82) is 0 Å². The van der Waals surface area contributed by atoms with Crippen LogP contribution in [0.25, 0.3) is 22.2 Å². The number of nitrogens with zero attached hydrogens (tertiary/aromatic N) is 2. The summed E-state index contributed by atoms with van der Waals surface area (Å²) >= 11 is 0. The molecule has 0 bridgehead atoms. The number of fused-ring (bicyclic) bond motifs is 1. The van der Waals surface area contributed by atoms with Crippen LogP contribution >= 0.6 is 0 Å². The van der Waals surface area contributed by atoms with Crippen LogP contribution in [0.4, 0.5) is 0 Å². The van der Waals surface area contributed by atoms with Gasteiger partial charge in [0.2, 0.25) is 0 Å². The first kappa shape index (κ1) is 13.8. The average molecular weight is 281 g/mol. The van der Waals surface area contributed by atoms with Crippen molar-refractivity contribution < 1.29 is 4.52 Å². The van der Waals surface area contributed by atoms with Gasteiger partial charge in [0.05, 0.1) is 5.54 Å². The van der Waals surface area contributed by atoms with E-state index in [1.165, 1.54) is 0 Å². The van der Waals surface area contributed by atoms with Crippen molar-refractivity contribution in [3.05, 3.63) is 48.3 Å².